The Hall–Kier alpha value is -2.27. The first-order chi connectivity index (χ1) is 13.8. The topological polar surface area (TPSA) is 55.4 Å². The summed E-state index contributed by atoms with van der Waals surface area (Å²) in [5.74, 6) is 1.17. The first-order valence-electron chi connectivity index (χ1n) is 10.4. The van der Waals surface area contributed by atoms with E-state index in [-0.39, 0.29) is 10.5 Å². The molecular weight excluding hydrogens is 382 g/mol. The average molecular weight is 412 g/mol. The van der Waals surface area contributed by atoms with Crippen LogP contribution in [0, 0.1) is 6.92 Å². The molecule has 2 aromatic carbocycles. The Morgan fingerprint density at radius 2 is 1.69 bits per heavy atom. The Bertz CT molecular complexity index is 1030. The fraction of sp³-hybridized carbons (Fsp3) is 0.417. The van der Waals surface area contributed by atoms with E-state index in [4.69, 9.17) is 4.74 Å². The first kappa shape index (κ1) is 20.0. The van der Waals surface area contributed by atoms with E-state index in [9.17, 15) is 8.42 Å². The van der Waals surface area contributed by atoms with Crippen molar-refractivity contribution in [1.29, 1.82) is 0 Å². The molecule has 2 aliphatic rings. The summed E-state index contributed by atoms with van der Waals surface area (Å²) in [5, 5.41) is 0. The molecule has 0 radical (unpaired) electrons. The lowest BCUT2D eigenvalue weighted by Crippen LogP contribution is -2.28. The zero-order chi connectivity index (χ0) is 20.6. The molecule has 1 aliphatic heterocycles. The minimum Gasteiger partial charge on any atom is -0.483 e. The third kappa shape index (κ3) is 4.20. The molecule has 0 atom stereocenters. The zero-order valence-corrected chi connectivity index (χ0v) is 18.2. The predicted molar refractivity (Wildman–Crippen MR) is 118 cm³/mol. The molecule has 1 saturated carbocycles. The molecule has 0 aromatic heterocycles. The monoisotopic (exact) mass is 411 g/mol. The van der Waals surface area contributed by atoms with Crippen LogP contribution >= 0.6 is 0 Å². The van der Waals surface area contributed by atoms with Gasteiger partial charge in [0.1, 0.15) is 11.4 Å². The van der Waals surface area contributed by atoms with Gasteiger partial charge in [0.05, 0.1) is 10.6 Å². The second kappa shape index (κ2) is 7.52. The fourth-order valence-electron chi connectivity index (χ4n) is 4.32. The molecule has 1 heterocycles. The van der Waals surface area contributed by atoms with Gasteiger partial charge < -0.3 is 4.74 Å². The van der Waals surface area contributed by atoms with Crippen LogP contribution in [-0.4, -0.2) is 14.0 Å². The van der Waals surface area contributed by atoms with Gasteiger partial charge in [-0.2, -0.15) is 0 Å². The van der Waals surface area contributed by atoms with Crippen LogP contribution in [-0.2, 0) is 10.0 Å². The molecule has 2 aromatic rings. The number of hydrogen-bond donors (Lipinski definition) is 1. The Kier molecular flexibility index (Phi) is 5.19. The summed E-state index contributed by atoms with van der Waals surface area (Å²) in [5.41, 5.74) is 3.43. The lowest BCUT2D eigenvalue weighted by atomic mass is 9.80. The minimum atomic E-state index is -3.66. The number of nitrogens with one attached hydrogen (secondary N) is 1. The molecule has 1 N–H and O–H groups in total. The molecule has 5 heteroatoms. The number of hydrogen-bond acceptors (Lipinski definition) is 3. The van der Waals surface area contributed by atoms with Crippen LogP contribution in [0.25, 0.3) is 6.08 Å². The van der Waals surface area contributed by atoms with E-state index in [1.807, 2.05) is 45.0 Å². The van der Waals surface area contributed by atoms with Crippen LogP contribution < -0.4 is 9.46 Å². The van der Waals surface area contributed by atoms with Crippen LogP contribution in [0.3, 0.4) is 0 Å². The summed E-state index contributed by atoms with van der Waals surface area (Å²) in [7, 11) is -3.66. The molecule has 0 amide bonds. The molecular formula is C24H29NO3S. The number of fused-ring (bicyclic) bond motifs is 1. The molecule has 4 rings (SSSR count). The lowest BCUT2D eigenvalue weighted by Gasteiger charge is -2.32. The van der Waals surface area contributed by atoms with Crippen LogP contribution in [0.4, 0.5) is 5.69 Å². The fourth-order valence-corrected chi connectivity index (χ4v) is 5.40. The van der Waals surface area contributed by atoms with Crippen molar-refractivity contribution in [3.63, 3.8) is 0 Å². The minimum absolute atomic E-state index is 0.281. The van der Waals surface area contributed by atoms with E-state index in [0.717, 1.165) is 35.3 Å². The smallest absolute Gasteiger partial charge is 0.261 e. The summed E-state index contributed by atoms with van der Waals surface area (Å²) >= 11 is 0. The van der Waals surface area contributed by atoms with Gasteiger partial charge in [-0.1, -0.05) is 43.0 Å². The largest absolute Gasteiger partial charge is 0.483 e. The quantitative estimate of drug-likeness (QED) is 0.668. The van der Waals surface area contributed by atoms with Gasteiger partial charge in [-0.3, -0.25) is 4.72 Å². The molecule has 0 spiro atoms. The summed E-state index contributed by atoms with van der Waals surface area (Å²) in [6, 6.07) is 10.7. The van der Waals surface area contributed by atoms with Gasteiger partial charge in [0, 0.05) is 5.56 Å². The second-order valence-electron chi connectivity index (χ2n) is 8.73. The highest BCUT2D eigenvalue weighted by Gasteiger charge is 2.29. The number of sulfonamides is 1. The van der Waals surface area contributed by atoms with Gasteiger partial charge >= 0.3 is 0 Å². The highest BCUT2D eigenvalue weighted by atomic mass is 32.2. The van der Waals surface area contributed by atoms with Gasteiger partial charge in [0.2, 0.25) is 0 Å². The molecule has 154 valence electrons. The van der Waals surface area contributed by atoms with Crippen LogP contribution in [0.15, 0.2) is 47.4 Å². The Morgan fingerprint density at radius 3 is 2.38 bits per heavy atom. The van der Waals surface area contributed by atoms with Gasteiger partial charge in [0.25, 0.3) is 10.0 Å². The molecule has 0 saturated heterocycles. The summed E-state index contributed by atoms with van der Waals surface area (Å²) < 4.78 is 35.2. The molecule has 0 bridgehead atoms. The lowest BCUT2D eigenvalue weighted by molar-refractivity contribution is 0.158. The molecule has 1 fully saturated rings. The van der Waals surface area contributed by atoms with Crippen molar-refractivity contribution in [3.05, 3.63) is 59.2 Å². The van der Waals surface area contributed by atoms with E-state index in [2.05, 4.69) is 16.9 Å². The maximum atomic E-state index is 13.1. The van der Waals surface area contributed by atoms with Crippen molar-refractivity contribution in [2.75, 3.05) is 4.72 Å². The van der Waals surface area contributed by atoms with Crippen molar-refractivity contribution in [2.45, 2.75) is 69.3 Å². The number of aryl methyl sites for hydroxylation is 1. The number of benzene rings is 2. The number of anilines is 1. The third-order valence-electron chi connectivity index (χ3n) is 5.86. The van der Waals surface area contributed by atoms with Crippen molar-refractivity contribution >= 4 is 21.8 Å². The average Bonchev–Trinajstić information content (AvgIpc) is 2.68. The van der Waals surface area contributed by atoms with Crippen LogP contribution in [0.5, 0.6) is 5.75 Å². The maximum Gasteiger partial charge on any atom is 0.261 e. The normalized spacial score (nSPS) is 18.7. The van der Waals surface area contributed by atoms with Crippen molar-refractivity contribution < 1.29 is 13.2 Å². The molecule has 0 unspecified atom stereocenters. The Morgan fingerprint density at radius 1 is 1.00 bits per heavy atom. The second-order valence-corrected chi connectivity index (χ2v) is 10.4. The van der Waals surface area contributed by atoms with E-state index in [1.54, 1.807) is 12.1 Å². The zero-order valence-electron chi connectivity index (χ0n) is 17.4. The SMILES string of the molecule is Cc1ccc(S(=O)(=O)Nc2ccc3c(c2C2CCCCC2)C=CC(C)(C)O3)cc1. The van der Waals surface area contributed by atoms with Gasteiger partial charge in [-0.15, -0.1) is 0 Å². The van der Waals surface area contributed by atoms with Crippen LogP contribution in [0.2, 0.25) is 0 Å². The maximum absolute atomic E-state index is 13.1. The van der Waals surface area contributed by atoms with Crippen molar-refractivity contribution in [1.82, 2.24) is 0 Å². The Labute approximate surface area is 174 Å². The highest BCUT2D eigenvalue weighted by molar-refractivity contribution is 7.92. The van der Waals surface area contributed by atoms with Crippen molar-refractivity contribution in [2.24, 2.45) is 0 Å². The predicted octanol–water partition coefficient (Wildman–Crippen LogP) is 6.03. The van der Waals surface area contributed by atoms with Gasteiger partial charge in [0.15, 0.2) is 0 Å². The van der Waals surface area contributed by atoms with E-state index in [1.165, 1.54) is 19.3 Å². The van der Waals surface area contributed by atoms with Gasteiger partial charge in [-0.25, -0.2) is 8.42 Å². The third-order valence-corrected chi connectivity index (χ3v) is 7.24. The van der Waals surface area contributed by atoms with Crippen LogP contribution in [0.1, 0.15) is 68.6 Å². The van der Waals surface area contributed by atoms with E-state index in [0.29, 0.717) is 11.6 Å². The molecule has 1 aliphatic carbocycles. The standard InChI is InChI=1S/C24H29NO3S/c1-17-9-11-19(12-10-17)29(26,27)25-21-13-14-22-20(15-16-24(2,3)28-22)23(21)18-7-5-4-6-8-18/h9-16,18,25H,4-8H2,1-3H3. The molecule has 4 nitrogen and oxygen atoms in total. The van der Waals surface area contributed by atoms with E-state index < -0.39 is 10.0 Å². The number of rotatable bonds is 4. The van der Waals surface area contributed by atoms with E-state index >= 15 is 0 Å². The summed E-state index contributed by atoms with van der Waals surface area (Å²) in [6.07, 6.45) is 9.91. The number of ether oxygens (including phenoxy) is 1. The van der Waals surface area contributed by atoms with Crippen molar-refractivity contribution in [3.8, 4) is 5.75 Å². The summed E-state index contributed by atoms with van der Waals surface area (Å²) in [6.45, 7) is 6.00. The summed E-state index contributed by atoms with van der Waals surface area (Å²) in [4.78, 5) is 0.281. The van der Waals surface area contributed by atoms with Gasteiger partial charge in [-0.05, 0) is 75.4 Å². The first-order valence-corrected chi connectivity index (χ1v) is 11.9. The Balaban J connectivity index is 1.77. The highest BCUT2D eigenvalue weighted by Crippen LogP contribution is 2.45. The molecule has 29 heavy (non-hydrogen) atoms.